The largest absolute Gasteiger partial charge is 0.287 e. The Labute approximate surface area is 134 Å². The number of rotatable bonds is 4. The Morgan fingerprint density at radius 1 is 1.22 bits per heavy atom. The van der Waals surface area contributed by atoms with Crippen molar-refractivity contribution in [1.29, 1.82) is 0 Å². The lowest BCUT2D eigenvalue weighted by Crippen LogP contribution is -2.42. The molecule has 118 valence electrons. The van der Waals surface area contributed by atoms with E-state index in [9.17, 15) is 9.59 Å². The van der Waals surface area contributed by atoms with Crippen LogP contribution in [0, 0.1) is 5.92 Å². The Kier molecular flexibility index (Phi) is 4.52. The molecule has 0 spiro atoms. The molecule has 1 aliphatic carbocycles. The first-order valence-electron chi connectivity index (χ1n) is 7.59. The van der Waals surface area contributed by atoms with E-state index < -0.39 is 5.91 Å². The van der Waals surface area contributed by atoms with Crippen LogP contribution >= 0.6 is 0 Å². The number of aromatic nitrogens is 2. The maximum absolute atomic E-state index is 12.0. The third-order valence-electron chi connectivity index (χ3n) is 3.77. The molecule has 1 aromatic carbocycles. The summed E-state index contributed by atoms with van der Waals surface area (Å²) in [5, 5.41) is 6.79. The molecule has 0 radical (unpaired) electrons. The predicted octanol–water partition coefficient (Wildman–Crippen LogP) is 2.19. The second kappa shape index (κ2) is 6.91. The van der Waals surface area contributed by atoms with Crippen molar-refractivity contribution in [1.82, 2.24) is 21.0 Å². The van der Waals surface area contributed by atoms with E-state index in [2.05, 4.69) is 27.1 Å². The van der Waals surface area contributed by atoms with Crippen LogP contribution < -0.4 is 10.9 Å². The fourth-order valence-corrected chi connectivity index (χ4v) is 2.54. The van der Waals surface area contributed by atoms with Crippen molar-refractivity contribution in [3.05, 3.63) is 54.2 Å². The molecule has 2 aromatic rings. The molecule has 1 aromatic heterocycles. The highest BCUT2D eigenvalue weighted by Gasteiger charge is 2.15. The van der Waals surface area contributed by atoms with Crippen molar-refractivity contribution in [2.75, 3.05) is 0 Å². The number of hydrogen-bond acceptors (Lipinski definition) is 3. The van der Waals surface area contributed by atoms with E-state index in [1.54, 1.807) is 6.07 Å². The van der Waals surface area contributed by atoms with E-state index in [1.165, 1.54) is 0 Å². The zero-order valence-electron chi connectivity index (χ0n) is 12.6. The van der Waals surface area contributed by atoms with Gasteiger partial charge in [-0.2, -0.15) is 5.10 Å². The summed E-state index contributed by atoms with van der Waals surface area (Å²) >= 11 is 0. The summed E-state index contributed by atoms with van der Waals surface area (Å²) in [5.41, 5.74) is 6.73. The molecule has 23 heavy (non-hydrogen) atoms. The second-order valence-corrected chi connectivity index (χ2v) is 5.50. The molecule has 0 saturated carbocycles. The van der Waals surface area contributed by atoms with Gasteiger partial charge >= 0.3 is 0 Å². The summed E-state index contributed by atoms with van der Waals surface area (Å²) in [6.07, 6.45) is 6.51. The zero-order valence-corrected chi connectivity index (χ0v) is 12.6. The summed E-state index contributed by atoms with van der Waals surface area (Å²) in [6.45, 7) is 0. The highest BCUT2D eigenvalue weighted by atomic mass is 16.2. The molecule has 0 aliphatic heterocycles. The average Bonchev–Trinajstić information content (AvgIpc) is 3.25. The molecule has 6 nitrogen and oxygen atoms in total. The van der Waals surface area contributed by atoms with Crippen LogP contribution in [0.15, 0.2) is 48.6 Å². The number of amides is 2. The van der Waals surface area contributed by atoms with Gasteiger partial charge in [0.05, 0.1) is 5.69 Å². The van der Waals surface area contributed by atoms with Crippen molar-refractivity contribution < 1.29 is 9.59 Å². The molecule has 0 saturated heterocycles. The van der Waals surface area contributed by atoms with Crippen molar-refractivity contribution >= 4 is 11.8 Å². The van der Waals surface area contributed by atoms with Crippen molar-refractivity contribution in [2.45, 2.75) is 19.3 Å². The number of benzene rings is 1. The van der Waals surface area contributed by atoms with Gasteiger partial charge in [-0.05, 0) is 24.8 Å². The number of nitrogens with zero attached hydrogens (tertiary/aromatic N) is 1. The van der Waals surface area contributed by atoms with Crippen molar-refractivity contribution in [2.24, 2.45) is 5.92 Å². The molecule has 6 heteroatoms. The van der Waals surface area contributed by atoms with Crippen LogP contribution in [0.5, 0.6) is 0 Å². The minimum absolute atomic E-state index is 0.197. The van der Waals surface area contributed by atoms with Gasteiger partial charge in [0.25, 0.3) is 5.91 Å². The SMILES string of the molecule is O=C(C[C@H]1C=CCC1)NNC(=O)c1cc(-c2ccccc2)n[nH]1. The van der Waals surface area contributed by atoms with E-state index in [1.807, 2.05) is 36.4 Å². The van der Waals surface area contributed by atoms with Gasteiger partial charge in [0.15, 0.2) is 0 Å². The third-order valence-corrected chi connectivity index (χ3v) is 3.77. The standard InChI is InChI=1S/C17H18N4O2/c22-16(10-12-6-4-5-7-12)20-21-17(23)15-11-14(18-19-15)13-8-2-1-3-9-13/h1-4,6,8-9,11-12H,5,7,10H2,(H,18,19)(H,20,22)(H,21,23)/t12-/m0/s1. The van der Waals surface area contributed by atoms with E-state index in [0.29, 0.717) is 17.8 Å². The first kappa shape index (κ1) is 15.0. The van der Waals surface area contributed by atoms with Gasteiger partial charge in [-0.25, -0.2) is 0 Å². The fourth-order valence-electron chi connectivity index (χ4n) is 2.54. The summed E-state index contributed by atoms with van der Waals surface area (Å²) in [7, 11) is 0. The lowest BCUT2D eigenvalue weighted by Gasteiger charge is -2.09. The number of carbonyl (C=O) groups is 2. The lowest BCUT2D eigenvalue weighted by atomic mass is 10.1. The maximum Gasteiger partial charge on any atom is 0.287 e. The normalized spacial score (nSPS) is 16.3. The van der Waals surface area contributed by atoms with E-state index in [-0.39, 0.29) is 11.8 Å². The number of allylic oxidation sites excluding steroid dienone is 2. The molecule has 1 atom stereocenters. The number of hydrazine groups is 1. The van der Waals surface area contributed by atoms with Gasteiger partial charge in [0.1, 0.15) is 5.69 Å². The number of aromatic amines is 1. The number of nitrogens with one attached hydrogen (secondary N) is 3. The number of carbonyl (C=O) groups excluding carboxylic acids is 2. The van der Waals surface area contributed by atoms with Crippen LogP contribution in [0.4, 0.5) is 0 Å². The third kappa shape index (κ3) is 3.85. The average molecular weight is 310 g/mol. The molecule has 3 N–H and O–H groups in total. The highest BCUT2D eigenvalue weighted by Crippen LogP contribution is 2.20. The monoisotopic (exact) mass is 310 g/mol. The van der Waals surface area contributed by atoms with E-state index in [0.717, 1.165) is 18.4 Å². The van der Waals surface area contributed by atoms with Crippen LogP contribution in [-0.2, 0) is 4.79 Å². The Morgan fingerprint density at radius 3 is 2.78 bits per heavy atom. The number of hydrogen-bond donors (Lipinski definition) is 3. The summed E-state index contributed by atoms with van der Waals surface area (Å²) in [4.78, 5) is 23.8. The molecule has 0 bridgehead atoms. The van der Waals surface area contributed by atoms with Crippen LogP contribution in [0.25, 0.3) is 11.3 Å². The first-order chi connectivity index (χ1) is 11.2. The molecule has 3 rings (SSSR count). The maximum atomic E-state index is 12.0. The predicted molar refractivity (Wildman–Crippen MR) is 86.1 cm³/mol. The summed E-state index contributed by atoms with van der Waals surface area (Å²) in [5.74, 6) is -0.351. The number of H-pyrrole nitrogens is 1. The van der Waals surface area contributed by atoms with Gasteiger partial charge in [-0.1, -0.05) is 42.5 Å². The van der Waals surface area contributed by atoms with Gasteiger partial charge in [-0.15, -0.1) is 0 Å². The smallest absolute Gasteiger partial charge is 0.273 e. The fraction of sp³-hybridized carbons (Fsp3) is 0.235. The Bertz CT molecular complexity index is 721. The zero-order chi connectivity index (χ0) is 16.1. The van der Waals surface area contributed by atoms with Crippen molar-refractivity contribution in [3.63, 3.8) is 0 Å². The lowest BCUT2D eigenvalue weighted by molar-refractivity contribution is -0.122. The minimum Gasteiger partial charge on any atom is -0.273 e. The summed E-state index contributed by atoms with van der Waals surface area (Å²) in [6, 6.07) is 11.2. The minimum atomic E-state index is -0.421. The van der Waals surface area contributed by atoms with Crippen molar-refractivity contribution in [3.8, 4) is 11.3 Å². The second-order valence-electron chi connectivity index (χ2n) is 5.50. The first-order valence-corrected chi connectivity index (χ1v) is 7.59. The molecular weight excluding hydrogens is 292 g/mol. The van der Waals surface area contributed by atoms with Gasteiger partial charge in [-0.3, -0.25) is 25.5 Å². The van der Waals surface area contributed by atoms with Gasteiger partial charge in [0, 0.05) is 12.0 Å². The van der Waals surface area contributed by atoms with E-state index in [4.69, 9.17) is 0 Å². The Morgan fingerprint density at radius 2 is 2.04 bits per heavy atom. The molecular formula is C17H18N4O2. The summed E-state index contributed by atoms with van der Waals surface area (Å²) < 4.78 is 0. The van der Waals surface area contributed by atoms with Gasteiger partial charge < -0.3 is 0 Å². The Balaban J connectivity index is 1.53. The molecule has 2 amide bonds. The quantitative estimate of drug-likeness (QED) is 0.597. The molecule has 1 aliphatic rings. The van der Waals surface area contributed by atoms with E-state index >= 15 is 0 Å². The van der Waals surface area contributed by atoms with Crippen LogP contribution in [-0.4, -0.2) is 22.0 Å². The topological polar surface area (TPSA) is 86.9 Å². The molecule has 1 heterocycles. The van der Waals surface area contributed by atoms with Crippen LogP contribution in [0.2, 0.25) is 0 Å². The van der Waals surface area contributed by atoms with Crippen LogP contribution in [0.1, 0.15) is 29.8 Å². The molecule has 0 fully saturated rings. The molecule has 0 unspecified atom stereocenters. The highest BCUT2D eigenvalue weighted by molar-refractivity contribution is 5.94. The van der Waals surface area contributed by atoms with Crippen LogP contribution in [0.3, 0.4) is 0 Å². The Hall–Kier alpha value is -2.89. The van der Waals surface area contributed by atoms with Gasteiger partial charge in [0.2, 0.25) is 5.91 Å².